The number of allylic oxidation sites excluding steroid dienone is 18. The molecule has 4 aromatic carbocycles. The highest BCUT2D eigenvalue weighted by molar-refractivity contribution is 5.98. The van der Waals surface area contributed by atoms with Crippen LogP contribution in [0.5, 0.6) is 0 Å². The summed E-state index contributed by atoms with van der Waals surface area (Å²) in [5.74, 6) is 1.93. The van der Waals surface area contributed by atoms with Crippen molar-refractivity contribution in [2.45, 2.75) is 88.1 Å². The van der Waals surface area contributed by atoms with Crippen molar-refractivity contribution < 1.29 is 0 Å². The Morgan fingerprint density at radius 2 is 1.42 bits per heavy atom. The van der Waals surface area contributed by atoms with Crippen LogP contribution in [0.4, 0.5) is 17.1 Å². The average Bonchev–Trinajstić information content (AvgIpc) is 3.97. The highest BCUT2D eigenvalue weighted by Gasteiger charge is 2.53. The second-order valence-corrected chi connectivity index (χ2v) is 19.9. The molecule has 1 aliphatic heterocycles. The molecule has 6 unspecified atom stereocenters. The van der Waals surface area contributed by atoms with Crippen LogP contribution in [0.25, 0.3) is 16.7 Å². The lowest BCUT2D eigenvalue weighted by atomic mass is 9.68. The van der Waals surface area contributed by atoms with Crippen molar-refractivity contribution in [1.82, 2.24) is 0 Å². The molecule has 0 aromatic heterocycles. The molecule has 0 radical (unpaired) electrons. The van der Waals surface area contributed by atoms with Crippen LogP contribution in [0.2, 0.25) is 0 Å². The van der Waals surface area contributed by atoms with Crippen LogP contribution in [0.3, 0.4) is 0 Å². The molecule has 64 heavy (non-hydrogen) atoms. The minimum absolute atomic E-state index is 0.288. The normalized spacial score (nSPS) is 28.4. The molecule has 0 saturated carbocycles. The second-order valence-electron chi connectivity index (χ2n) is 19.9. The van der Waals surface area contributed by atoms with Gasteiger partial charge in [-0.25, -0.2) is 0 Å². The van der Waals surface area contributed by atoms with Crippen LogP contribution in [-0.2, 0) is 5.41 Å². The fourth-order valence-corrected chi connectivity index (χ4v) is 13.9. The molecule has 2 nitrogen and oxygen atoms in total. The Morgan fingerprint density at radius 1 is 0.641 bits per heavy atom. The summed E-state index contributed by atoms with van der Waals surface area (Å²) < 4.78 is 0. The molecule has 1 spiro atoms. The standard InChI is InChI=1S/C62H58N2/c1-41-54(43-21-7-3-8-22-43)37-44(42-19-5-2-6-20-42)38-60(41)63(47-34-36-53-52-28-14-18-32-59(52)64(61(53)40-47)45-23-9-4-10-24-45)46-33-35-51-50-27-13-17-31-57(50)62(58(51)39-46)55-29-15-11-25-48(55)49-26-12-16-30-56(49)62/h2-9,11-16,19,21,25-30,33-43,45,52,54,59H,10,17-18,20,22-24,31-32H2,1H3/t41?,42?,43?,45?,52?,54?,59-/m1/s1. The maximum atomic E-state index is 2.90. The van der Waals surface area contributed by atoms with Gasteiger partial charge >= 0.3 is 0 Å². The van der Waals surface area contributed by atoms with Gasteiger partial charge in [0, 0.05) is 52.6 Å². The Morgan fingerprint density at radius 3 is 2.20 bits per heavy atom. The van der Waals surface area contributed by atoms with Crippen LogP contribution in [0.1, 0.15) is 98.4 Å². The Labute approximate surface area is 380 Å². The maximum Gasteiger partial charge on any atom is 0.0689 e. The van der Waals surface area contributed by atoms with Crippen molar-refractivity contribution >= 4 is 22.6 Å². The minimum Gasteiger partial charge on any atom is -0.364 e. The molecule has 2 heteroatoms. The third-order valence-electron chi connectivity index (χ3n) is 16.7. The largest absolute Gasteiger partial charge is 0.364 e. The van der Waals surface area contributed by atoms with Gasteiger partial charge in [-0.1, -0.05) is 159 Å². The van der Waals surface area contributed by atoms with Gasteiger partial charge in [0.25, 0.3) is 0 Å². The molecule has 1 heterocycles. The summed E-state index contributed by atoms with van der Waals surface area (Å²) in [5.41, 5.74) is 19.5. The predicted molar refractivity (Wildman–Crippen MR) is 268 cm³/mol. The smallest absolute Gasteiger partial charge is 0.0689 e. The van der Waals surface area contributed by atoms with E-state index in [4.69, 9.17) is 0 Å². The van der Waals surface area contributed by atoms with Crippen LogP contribution < -0.4 is 9.80 Å². The predicted octanol–water partition coefficient (Wildman–Crippen LogP) is 15.3. The summed E-state index contributed by atoms with van der Waals surface area (Å²) in [5, 5.41) is 0. The van der Waals surface area contributed by atoms with E-state index < -0.39 is 0 Å². The lowest BCUT2D eigenvalue weighted by molar-refractivity contribution is 0.368. The number of rotatable bonds is 6. The van der Waals surface area contributed by atoms with Gasteiger partial charge < -0.3 is 9.80 Å². The van der Waals surface area contributed by atoms with Crippen molar-refractivity contribution in [2.75, 3.05) is 9.80 Å². The van der Waals surface area contributed by atoms with Crippen molar-refractivity contribution in [2.24, 2.45) is 23.7 Å². The topological polar surface area (TPSA) is 6.48 Å². The quantitative estimate of drug-likeness (QED) is 0.179. The van der Waals surface area contributed by atoms with Gasteiger partial charge in [-0.15, -0.1) is 0 Å². The van der Waals surface area contributed by atoms with Crippen molar-refractivity contribution in [3.05, 3.63) is 227 Å². The van der Waals surface area contributed by atoms with Crippen LogP contribution in [-0.4, -0.2) is 12.1 Å². The molecule has 0 bridgehead atoms. The SMILES string of the molecule is CC1C(N(c2ccc3c(c2)N(C2CC=CCC2)[C@@H]2CCC=CC32)c2ccc3c(c2)C2(C4=C3C=CCC4)c3ccccc3-c3ccccc32)=CC(C2C=CC=CC2)=CC1C1C=CC=CC1. The van der Waals surface area contributed by atoms with E-state index in [0.717, 1.165) is 32.1 Å². The minimum atomic E-state index is -0.325. The van der Waals surface area contributed by atoms with E-state index in [-0.39, 0.29) is 11.3 Å². The van der Waals surface area contributed by atoms with Gasteiger partial charge in [-0.05, 0) is 156 Å². The van der Waals surface area contributed by atoms with E-state index in [1.165, 1.54) is 98.5 Å². The summed E-state index contributed by atoms with van der Waals surface area (Å²) in [7, 11) is 0. The number of fused-ring (bicyclic) bond motifs is 12. The number of hydrogen-bond acceptors (Lipinski definition) is 2. The zero-order valence-electron chi connectivity index (χ0n) is 37.1. The van der Waals surface area contributed by atoms with Crippen LogP contribution in [0.15, 0.2) is 199 Å². The zero-order valence-corrected chi connectivity index (χ0v) is 37.1. The fourth-order valence-electron chi connectivity index (χ4n) is 13.9. The molecule has 0 amide bonds. The summed E-state index contributed by atoms with van der Waals surface area (Å²) in [4.78, 5) is 5.63. The third kappa shape index (κ3) is 5.70. The highest BCUT2D eigenvalue weighted by Crippen LogP contribution is 2.64. The van der Waals surface area contributed by atoms with Gasteiger partial charge in [0.2, 0.25) is 0 Å². The molecule has 4 aromatic rings. The summed E-state index contributed by atoms with van der Waals surface area (Å²) >= 11 is 0. The number of benzene rings is 4. The van der Waals surface area contributed by atoms with Gasteiger partial charge in [-0.3, -0.25) is 0 Å². The first-order chi connectivity index (χ1) is 31.7. The zero-order chi connectivity index (χ0) is 42.4. The summed E-state index contributed by atoms with van der Waals surface area (Å²) in [6.07, 6.45) is 48.8. The van der Waals surface area contributed by atoms with E-state index in [1.807, 2.05) is 0 Å². The fraction of sp³-hybridized carbons (Fsp3) is 0.290. The Kier molecular flexibility index (Phi) is 9.14. The average molecular weight is 831 g/mol. The van der Waals surface area contributed by atoms with E-state index >= 15 is 0 Å². The molecule has 0 N–H and O–H groups in total. The van der Waals surface area contributed by atoms with E-state index in [2.05, 4.69) is 199 Å². The monoisotopic (exact) mass is 830 g/mol. The van der Waals surface area contributed by atoms with E-state index in [9.17, 15) is 0 Å². The molecule has 316 valence electrons. The van der Waals surface area contributed by atoms with Crippen molar-refractivity contribution in [3.8, 4) is 11.1 Å². The van der Waals surface area contributed by atoms with Crippen molar-refractivity contribution in [1.29, 1.82) is 0 Å². The first-order valence-corrected chi connectivity index (χ1v) is 24.6. The van der Waals surface area contributed by atoms with E-state index in [0.29, 0.717) is 35.8 Å². The molecule has 0 fully saturated rings. The Hall–Kier alpha value is -6.12. The summed E-state index contributed by atoms with van der Waals surface area (Å²) in [6.45, 7) is 2.52. The van der Waals surface area contributed by atoms with Gasteiger partial charge in [0.05, 0.1) is 5.41 Å². The third-order valence-corrected chi connectivity index (χ3v) is 16.7. The first-order valence-electron chi connectivity index (χ1n) is 24.6. The Bertz CT molecular complexity index is 2850. The maximum absolute atomic E-state index is 2.90. The molecule has 0 saturated heterocycles. The lowest BCUT2D eigenvalue weighted by Gasteiger charge is -2.41. The van der Waals surface area contributed by atoms with E-state index in [1.54, 1.807) is 5.57 Å². The number of anilines is 3. The number of hydrogen-bond donors (Lipinski definition) is 0. The molecular weight excluding hydrogens is 773 g/mol. The molecule has 13 rings (SSSR count). The first kappa shape index (κ1) is 38.3. The lowest BCUT2D eigenvalue weighted by Crippen LogP contribution is -2.43. The number of nitrogens with zero attached hydrogens (tertiary/aromatic N) is 2. The molecular formula is C62H58N2. The van der Waals surface area contributed by atoms with Crippen molar-refractivity contribution in [3.63, 3.8) is 0 Å². The molecule has 7 atom stereocenters. The second kappa shape index (κ2) is 15.3. The van der Waals surface area contributed by atoms with Gasteiger partial charge in [0.1, 0.15) is 0 Å². The van der Waals surface area contributed by atoms with Crippen LogP contribution in [0, 0.1) is 23.7 Å². The van der Waals surface area contributed by atoms with Gasteiger partial charge in [0.15, 0.2) is 0 Å². The molecule has 9 aliphatic rings. The molecule has 8 aliphatic carbocycles. The Balaban J connectivity index is 1.04. The van der Waals surface area contributed by atoms with Crippen LogP contribution >= 0.6 is 0 Å². The highest BCUT2D eigenvalue weighted by atomic mass is 15.2. The summed E-state index contributed by atoms with van der Waals surface area (Å²) in [6, 6.07) is 35.0. The van der Waals surface area contributed by atoms with Gasteiger partial charge in [-0.2, -0.15) is 0 Å².